The summed E-state index contributed by atoms with van der Waals surface area (Å²) >= 11 is 1.26. The third-order valence-corrected chi connectivity index (χ3v) is 4.19. The van der Waals surface area contributed by atoms with E-state index in [0.717, 1.165) is 0 Å². The molecular formula is C12H20N2O4S. The minimum atomic E-state index is -0.700. The van der Waals surface area contributed by atoms with Crippen molar-refractivity contribution in [2.24, 2.45) is 0 Å². The summed E-state index contributed by atoms with van der Waals surface area (Å²) in [6, 6.07) is 1.49. The highest BCUT2D eigenvalue weighted by Crippen LogP contribution is 2.40. The zero-order valence-electron chi connectivity index (χ0n) is 11.6. The van der Waals surface area contributed by atoms with Crippen LogP contribution in [0.15, 0.2) is 6.07 Å². The number of methoxy groups -OCH3 is 1. The van der Waals surface area contributed by atoms with Gasteiger partial charge in [-0.15, -0.1) is 11.3 Å². The van der Waals surface area contributed by atoms with Gasteiger partial charge in [-0.3, -0.25) is 10.1 Å². The molecule has 0 saturated carbocycles. The van der Waals surface area contributed by atoms with Crippen molar-refractivity contribution in [3.05, 3.63) is 21.1 Å². The van der Waals surface area contributed by atoms with Crippen molar-refractivity contribution in [3.63, 3.8) is 0 Å². The van der Waals surface area contributed by atoms with Crippen molar-refractivity contribution in [2.45, 2.75) is 32.9 Å². The molecule has 2 atom stereocenters. The number of nitro groups is 1. The smallest absolute Gasteiger partial charge is 0.304 e. The van der Waals surface area contributed by atoms with E-state index in [2.05, 4.69) is 0 Å². The number of nitrogens with zero attached hydrogens (tertiary/aromatic N) is 2. The number of ether oxygens (including phenoxy) is 1. The zero-order chi connectivity index (χ0) is 14.6. The Bertz CT molecular complexity index is 433. The van der Waals surface area contributed by atoms with Crippen LogP contribution in [-0.2, 0) is 4.74 Å². The second-order valence-electron chi connectivity index (χ2n) is 4.36. The minimum absolute atomic E-state index is 0.0363. The van der Waals surface area contributed by atoms with Gasteiger partial charge in [-0.2, -0.15) is 0 Å². The molecule has 6 nitrogen and oxygen atoms in total. The number of aliphatic hydroxyl groups is 1. The topological polar surface area (TPSA) is 75.8 Å². The molecule has 0 aliphatic carbocycles. The summed E-state index contributed by atoms with van der Waals surface area (Å²) < 4.78 is 5.11. The molecule has 7 heteroatoms. The van der Waals surface area contributed by atoms with E-state index in [-0.39, 0.29) is 11.7 Å². The average molecular weight is 288 g/mol. The molecule has 0 fully saturated rings. The van der Waals surface area contributed by atoms with Gasteiger partial charge in [0.05, 0.1) is 23.7 Å². The third kappa shape index (κ3) is 3.65. The van der Waals surface area contributed by atoms with Gasteiger partial charge < -0.3 is 14.7 Å². The quantitative estimate of drug-likeness (QED) is 0.616. The first-order chi connectivity index (χ1) is 8.92. The summed E-state index contributed by atoms with van der Waals surface area (Å²) in [5, 5.41) is 21.3. The van der Waals surface area contributed by atoms with Crippen LogP contribution in [0.4, 0.5) is 10.7 Å². The molecule has 19 heavy (non-hydrogen) atoms. The molecule has 0 aromatic carbocycles. The Balaban J connectivity index is 3.17. The summed E-state index contributed by atoms with van der Waals surface area (Å²) in [5.41, 5.74) is 0.0469. The fourth-order valence-corrected chi connectivity index (χ4v) is 3.15. The van der Waals surface area contributed by atoms with Crippen LogP contribution < -0.4 is 4.90 Å². The van der Waals surface area contributed by atoms with Crippen molar-refractivity contribution in [3.8, 4) is 0 Å². The van der Waals surface area contributed by atoms with E-state index in [0.29, 0.717) is 23.0 Å². The van der Waals surface area contributed by atoms with Gasteiger partial charge in [-0.1, -0.05) is 0 Å². The van der Waals surface area contributed by atoms with Crippen LogP contribution in [0, 0.1) is 10.1 Å². The summed E-state index contributed by atoms with van der Waals surface area (Å²) in [7, 11) is 1.61. The molecule has 0 amide bonds. The largest absolute Gasteiger partial charge is 0.388 e. The monoisotopic (exact) mass is 288 g/mol. The van der Waals surface area contributed by atoms with Crippen molar-refractivity contribution in [1.29, 1.82) is 0 Å². The Morgan fingerprint density at radius 1 is 1.58 bits per heavy atom. The van der Waals surface area contributed by atoms with E-state index >= 15 is 0 Å². The molecule has 0 spiro atoms. The highest BCUT2D eigenvalue weighted by atomic mass is 32.1. The lowest BCUT2D eigenvalue weighted by atomic mass is 10.2. The third-order valence-electron chi connectivity index (χ3n) is 2.86. The maximum atomic E-state index is 11.1. The number of rotatable bonds is 7. The summed E-state index contributed by atoms with van der Waals surface area (Å²) in [6.07, 6.45) is -0.700. The molecule has 1 aromatic rings. The Morgan fingerprint density at radius 3 is 2.63 bits per heavy atom. The molecule has 0 aliphatic rings. The van der Waals surface area contributed by atoms with Gasteiger partial charge in [-0.05, 0) is 20.8 Å². The molecule has 1 N–H and O–H groups in total. The number of aliphatic hydroxyl groups excluding tert-OH is 1. The highest BCUT2D eigenvalue weighted by molar-refractivity contribution is 7.16. The van der Waals surface area contributed by atoms with Gasteiger partial charge in [0.25, 0.3) is 0 Å². The van der Waals surface area contributed by atoms with Crippen LogP contribution in [0.3, 0.4) is 0 Å². The lowest BCUT2D eigenvalue weighted by molar-refractivity contribution is -0.383. The molecule has 0 aliphatic heterocycles. The SMILES string of the molecule is CCN(c1sc([C@H](C)O)cc1[N+](=O)[O-])C(C)COC. The Kier molecular flexibility index (Phi) is 5.71. The van der Waals surface area contributed by atoms with Crippen LogP contribution in [0.25, 0.3) is 0 Å². The first-order valence-corrected chi connectivity index (χ1v) is 6.95. The van der Waals surface area contributed by atoms with Gasteiger partial charge in [0.15, 0.2) is 5.00 Å². The van der Waals surface area contributed by atoms with Gasteiger partial charge in [-0.25, -0.2) is 0 Å². The maximum absolute atomic E-state index is 11.1. The first kappa shape index (κ1) is 15.9. The van der Waals surface area contributed by atoms with Crippen LogP contribution in [0.5, 0.6) is 0 Å². The lowest BCUT2D eigenvalue weighted by Crippen LogP contribution is -2.35. The van der Waals surface area contributed by atoms with E-state index in [1.807, 2.05) is 18.7 Å². The van der Waals surface area contributed by atoms with Crippen molar-refractivity contribution >= 4 is 22.0 Å². The van der Waals surface area contributed by atoms with Gasteiger partial charge in [0, 0.05) is 24.6 Å². The van der Waals surface area contributed by atoms with Crippen LogP contribution in [-0.4, -0.2) is 36.3 Å². The van der Waals surface area contributed by atoms with E-state index in [1.165, 1.54) is 17.4 Å². The molecule has 0 bridgehead atoms. The molecule has 108 valence electrons. The first-order valence-electron chi connectivity index (χ1n) is 6.14. The second kappa shape index (κ2) is 6.83. The summed E-state index contributed by atoms with van der Waals surface area (Å²) in [5.74, 6) is 0. The van der Waals surface area contributed by atoms with E-state index in [1.54, 1.807) is 14.0 Å². The Labute approximate surface area is 116 Å². The number of hydrogen-bond acceptors (Lipinski definition) is 6. The van der Waals surface area contributed by atoms with Crippen molar-refractivity contribution < 1.29 is 14.8 Å². The van der Waals surface area contributed by atoms with Gasteiger partial charge in [0.1, 0.15) is 0 Å². The molecule has 1 rings (SSSR count). The fourth-order valence-electron chi connectivity index (χ4n) is 1.92. The second-order valence-corrected chi connectivity index (χ2v) is 5.42. The number of hydrogen-bond donors (Lipinski definition) is 1. The van der Waals surface area contributed by atoms with Gasteiger partial charge in [0.2, 0.25) is 0 Å². The fraction of sp³-hybridized carbons (Fsp3) is 0.667. The maximum Gasteiger partial charge on any atom is 0.304 e. The minimum Gasteiger partial charge on any atom is -0.388 e. The molecule has 1 aromatic heterocycles. The predicted octanol–water partition coefficient (Wildman–Crippen LogP) is 2.57. The predicted molar refractivity (Wildman–Crippen MR) is 76.0 cm³/mol. The standard InChI is InChI=1S/C12H20N2O4S/c1-5-13(8(2)7-18-4)12-10(14(16)17)6-11(19-12)9(3)15/h6,8-9,15H,5,7H2,1-4H3/t8?,9-/m0/s1. The summed E-state index contributed by atoms with van der Waals surface area (Å²) in [4.78, 5) is 13.3. The molecule has 1 heterocycles. The summed E-state index contributed by atoms with van der Waals surface area (Å²) in [6.45, 7) is 6.64. The van der Waals surface area contributed by atoms with Crippen molar-refractivity contribution in [2.75, 3.05) is 25.2 Å². The molecule has 0 radical (unpaired) electrons. The van der Waals surface area contributed by atoms with E-state index < -0.39 is 11.0 Å². The number of anilines is 1. The molecular weight excluding hydrogens is 268 g/mol. The van der Waals surface area contributed by atoms with E-state index in [4.69, 9.17) is 4.74 Å². The van der Waals surface area contributed by atoms with Crippen LogP contribution >= 0.6 is 11.3 Å². The normalized spacial score (nSPS) is 14.2. The highest BCUT2D eigenvalue weighted by Gasteiger charge is 2.27. The van der Waals surface area contributed by atoms with Crippen LogP contribution in [0.1, 0.15) is 31.8 Å². The Morgan fingerprint density at radius 2 is 2.21 bits per heavy atom. The average Bonchev–Trinajstić information content (AvgIpc) is 2.75. The van der Waals surface area contributed by atoms with E-state index in [9.17, 15) is 15.2 Å². The number of thiophene rings is 1. The van der Waals surface area contributed by atoms with Gasteiger partial charge >= 0.3 is 5.69 Å². The lowest BCUT2D eigenvalue weighted by Gasteiger charge is -2.27. The van der Waals surface area contributed by atoms with Crippen LogP contribution in [0.2, 0.25) is 0 Å². The zero-order valence-corrected chi connectivity index (χ0v) is 12.4. The number of likely N-dealkylation sites (N-methyl/N-ethyl adjacent to an activating group) is 1. The van der Waals surface area contributed by atoms with Crippen molar-refractivity contribution in [1.82, 2.24) is 0 Å². The molecule has 1 unspecified atom stereocenters. The molecule has 0 saturated heterocycles. The Hall–Kier alpha value is -1.18.